The van der Waals surface area contributed by atoms with Crippen LogP contribution in [0.5, 0.6) is 0 Å². The van der Waals surface area contributed by atoms with Gasteiger partial charge >= 0.3 is 0 Å². The van der Waals surface area contributed by atoms with Crippen LogP contribution in [0.15, 0.2) is 30.5 Å². The number of pyridine rings is 1. The molecule has 0 radical (unpaired) electrons. The Hall–Kier alpha value is -1.88. The second kappa shape index (κ2) is 3.31. The molecule has 16 heavy (non-hydrogen) atoms. The molecule has 3 aromatic heterocycles. The number of fused-ring (bicyclic) bond motifs is 1. The average Bonchev–Trinajstić information content (AvgIpc) is 2.83. The van der Waals surface area contributed by atoms with Gasteiger partial charge in [0.25, 0.3) is 0 Å². The SMILES string of the molecule is Cc1ccn2c(-c3ccc(N)s3)nnc2c1. The van der Waals surface area contributed by atoms with Gasteiger partial charge in [-0.05, 0) is 36.8 Å². The van der Waals surface area contributed by atoms with Crippen LogP contribution < -0.4 is 5.73 Å². The molecule has 0 bridgehead atoms. The molecule has 0 amide bonds. The van der Waals surface area contributed by atoms with Crippen molar-refractivity contribution in [2.45, 2.75) is 6.92 Å². The third-order valence-corrected chi connectivity index (χ3v) is 3.32. The number of hydrogen-bond acceptors (Lipinski definition) is 4. The maximum atomic E-state index is 5.71. The number of anilines is 1. The summed E-state index contributed by atoms with van der Waals surface area (Å²) < 4.78 is 1.97. The summed E-state index contributed by atoms with van der Waals surface area (Å²) in [6.07, 6.45) is 1.98. The van der Waals surface area contributed by atoms with Gasteiger partial charge in [0.05, 0.1) is 9.88 Å². The number of aryl methyl sites for hydroxylation is 1. The van der Waals surface area contributed by atoms with E-state index < -0.39 is 0 Å². The second-order valence-electron chi connectivity index (χ2n) is 3.66. The van der Waals surface area contributed by atoms with E-state index in [1.165, 1.54) is 16.9 Å². The Kier molecular flexibility index (Phi) is 1.94. The Morgan fingerprint density at radius 3 is 2.88 bits per heavy atom. The van der Waals surface area contributed by atoms with E-state index in [1.54, 1.807) is 0 Å². The average molecular weight is 230 g/mol. The molecular weight excluding hydrogens is 220 g/mol. The van der Waals surface area contributed by atoms with Crippen molar-refractivity contribution in [2.24, 2.45) is 0 Å². The number of aromatic nitrogens is 3. The third-order valence-electron chi connectivity index (χ3n) is 2.41. The molecule has 3 heterocycles. The Balaban J connectivity index is 2.25. The first-order valence-corrected chi connectivity index (χ1v) is 5.73. The lowest BCUT2D eigenvalue weighted by molar-refractivity contribution is 1.12. The van der Waals surface area contributed by atoms with Gasteiger partial charge in [-0.15, -0.1) is 21.5 Å². The van der Waals surface area contributed by atoms with Crippen LogP contribution in [0.2, 0.25) is 0 Å². The van der Waals surface area contributed by atoms with Crippen molar-refractivity contribution in [2.75, 3.05) is 5.73 Å². The fraction of sp³-hybridized carbons (Fsp3) is 0.0909. The molecule has 0 aromatic carbocycles. The van der Waals surface area contributed by atoms with Crippen molar-refractivity contribution < 1.29 is 0 Å². The molecule has 5 heteroatoms. The number of nitrogens with two attached hydrogens (primary N) is 1. The Labute approximate surface area is 96.4 Å². The lowest BCUT2D eigenvalue weighted by atomic mass is 10.3. The predicted octanol–water partition coefficient (Wildman–Crippen LogP) is 2.35. The highest BCUT2D eigenvalue weighted by molar-refractivity contribution is 7.19. The normalized spacial score (nSPS) is 11.1. The van der Waals surface area contributed by atoms with Crippen LogP contribution in [-0.2, 0) is 0 Å². The van der Waals surface area contributed by atoms with Crippen LogP contribution in [0, 0.1) is 6.92 Å². The summed E-state index contributed by atoms with van der Waals surface area (Å²) in [5.41, 5.74) is 7.75. The van der Waals surface area contributed by atoms with Gasteiger partial charge in [0.2, 0.25) is 0 Å². The summed E-state index contributed by atoms with van der Waals surface area (Å²) in [5.74, 6) is 0.844. The molecule has 2 N–H and O–H groups in total. The fourth-order valence-electron chi connectivity index (χ4n) is 1.63. The molecule has 80 valence electrons. The number of nitrogens with zero attached hydrogens (tertiary/aromatic N) is 3. The molecule has 0 aliphatic heterocycles. The van der Waals surface area contributed by atoms with Crippen molar-refractivity contribution >= 4 is 22.0 Å². The minimum absolute atomic E-state index is 0.791. The Morgan fingerprint density at radius 1 is 1.25 bits per heavy atom. The van der Waals surface area contributed by atoms with E-state index in [4.69, 9.17) is 5.73 Å². The molecule has 0 aliphatic carbocycles. The van der Waals surface area contributed by atoms with Crippen molar-refractivity contribution in [3.05, 3.63) is 36.0 Å². The first-order valence-electron chi connectivity index (χ1n) is 4.91. The van der Waals surface area contributed by atoms with Crippen LogP contribution in [0.4, 0.5) is 5.00 Å². The highest BCUT2D eigenvalue weighted by Gasteiger charge is 2.09. The molecule has 3 rings (SSSR count). The highest BCUT2D eigenvalue weighted by atomic mass is 32.1. The van der Waals surface area contributed by atoms with Crippen LogP contribution in [-0.4, -0.2) is 14.6 Å². The zero-order valence-corrected chi connectivity index (χ0v) is 9.53. The van der Waals surface area contributed by atoms with E-state index in [9.17, 15) is 0 Å². The largest absolute Gasteiger partial charge is 0.391 e. The maximum absolute atomic E-state index is 5.71. The summed E-state index contributed by atoms with van der Waals surface area (Å²) >= 11 is 1.52. The van der Waals surface area contributed by atoms with Crippen LogP contribution in [0.1, 0.15) is 5.56 Å². The molecule has 0 atom stereocenters. The van der Waals surface area contributed by atoms with Gasteiger partial charge in [0.1, 0.15) is 0 Å². The standard InChI is InChI=1S/C11H10N4S/c1-7-4-5-15-10(6-7)13-14-11(15)8-2-3-9(12)16-8/h2-6H,12H2,1H3. The number of thiophene rings is 1. The van der Waals surface area contributed by atoms with E-state index in [0.29, 0.717) is 0 Å². The van der Waals surface area contributed by atoms with Gasteiger partial charge in [0, 0.05) is 6.20 Å². The number of rotatable bonds is 1. The van der Waals surface area contributed by atoms with Crippen LogP contribution in [0.25, 0.3) is 16.3 Å². The molecule has 0 saturated carbocycles. The van der Waals surface area contributed by atoms with Crippen molar-refractivity contribution in [3.8, 4) is 10.7 Å². The van der Waals surface area contributed by atoms with E-state index in [2.05, 4.69) is 10.2 Å². The van der Waals surface area contributed by atoms with Gasteiger partial charge in [-0.3, -0.25) is 4.40 Å². The molecular formula is C11H10N4S. The van der Waals surface area contributed by atoms with Gasteiger partial charge in [-0.2, -0.15) is 0 Å². The van der Waals surface area contributed by atoms with Gasteiger partial charge in [-0.25, -0.2) is 0 Å². The zero-order valence-electron chi connectivity index (χ0n) is 8.71. The Morgan fingerprint density at radius 2 is 2.12 bits per heavy atom. The summed E-state index contributed by atoms with van der Waals surface area (Å²) in [5, 5.41) is 9.12. The molecule has 3 aromatic rings. The summed E-state index contributed by atoms with van der Waals surface area (Å²) in [6, 6.07) is 7.90. The summed E-state index contributed by atoms with van der Waals surface area (Å²) in [7, 11) is 0. The van der Waals surface area contributed by atoms with Crippen molar-refractivity contribution in [3.63, 3.8) is 0 Å². The first-order chi connectivity index (χ1) is 7.74. The van der Waals surface area contributed by atoms with Gasteiger partial charge in [-0.1, -0.05) is 0 Å². The first kappa shape index (κ1) is 9.35. The van der Waals surface area contributed by atoms with Crippen LogP contribution >= 0.6 is 11.3 Å². The van der Waals surface area contributed by atoms with Crippen LogP contribution in [0.3, 0.4) is 0 Å². The lowest BCUT2D eigenvalue weighted by Gasteiger charge is -1.97. The molecule has 0 unspecified atom stereocenters. The molecule has 0 aliphatic rings. The van der Waals surface area contributed by atoms with E-state index in [-0.39, 0.29) is 0 Å². The minimum atomic E-state index is 0.791. The van der Waals surface area contributed by atoms with Gasteiger partial charge in [0.15, 0.2) is 11.5 Å². The molecule has 0 spiro atoms. The smallest absolute Gasteiger partial charge is 0.178 e. The molecule has 0 fully saturated rings. The quantitative estimate of drug-likeness (QED) is 0.698. The number of hydrogen-bond donors (Lipinski definition) is 1. The molecule has 0 saturated heterocycles. The zero-order chi connectivity index (χ0) is 11.1. The topological polar surface area (TPSA) is 56.2 Å². The monoisotopic (exact) mass is 230 g/mol. The third kappa shape index (κ3) is 1.37. The second-order valence-corrected chi connectivity index (χ2v) is 4.77. The summed E-state index contributed by atoms with van der Waals surface area (Å²) in [4.78, 5) is 1.04. The summed E-state index contributed by atoms with van der Waals surface area (Å²) in [6.45, 7) is 2.04. The minimum Gasteiger partial charge on any atom is -0.391 e. The fourth-order valence-corrected chi connectivity index (χ4v) is 2.39. The van der Waals surface area contributed by atoms with E-state index in [1.807, 2.05) is 41.8 Å². The van der Waals surface area contributed by atoms with Gasteiger partial charge < -0.3 is 5.73 Å². The van der Waals surface area contributed by atoms with E-state index in [0.717, 1.165) is 21.3 Å². The van der Waals surface area contributed by atoms with E-state index >= 15 is 0 Å². The maximum Gasteiger partial charge on any atom is 0.178 e. The number of nitrogen functional groups attached to an aromatic ring is 1. The Bertz CT molecular complexity index is 653. The van der Waals surface area contributed by atoms with Crippen molar-refractivity contribution in [1.82, 2.24) is 14.6 Å². The van der Waals surface area contributed by atoms with Crippen molar-refractivity contribution in [1.29, 1.82) is 0 Å². The predicted molar refractivity (Wildman–Crippen MR) is 65.4 cm³/mol. The lowest BCUT2D eigenvalue weighted by Crippen LogP contribution is -1.87. The highest BCUT2D eigenvalue weighted by Crippen LogP contribution is 2.28. The molecule has 4 nitrogen and oxygen atoms in total.